The van der Waals surface area contributed by atoms with Gasteiger partial charge < -0.3 is 51.1 Å². The van der Waals surface area contributed by atoms with E-state index < -0.39 is 59.7 Å². The third-order valence-electron chi connectivity index (χ3n) is 1.84. The Labute approximate surface area is 220 Å². The third-order valence-corrected chi connectivity index (χ3v) is 1.84. The molecule has 0 saturated heterocycles. The van der Waals surface area contributed by atoms with Gasteiger partial charge in [0.25, 0.3) is 0 Å². The number of hydrogen-bond acceptors (Lipinski definition) is 10. The van der Waals surface area contributed by atoms with Crippen LogP contribution in [0.2, 0.25) is 0 Å². The molecule has 0 radical (unpaired) electrons. The summed E-state index contributed by atoms with van der Waals surface area (Å²) in [4.78, 5) is 95.5. The zero-order chi connectivity index (χ0) is 32.8. The first-order chi connectivity index (χ1) is 18.1. The zero-order valence-electron chi connectivity index (χ0n) is 19.3. The molecule has 0 aromatic carbocycles. The van der Waals surface area contributed by atoms with Gasteiger partial charge in [0.1, 0.15) is 0 Å². The van der Waals surface area contributed by atoms with Crippen LogP contribution in [0.15, 0.2) is 60.8 Å². The van der Waals surface area contributed by atoms with Crippen molar-refractivity contribution in [3.05, 3.63) is 60.8 Å². The van der Waals surface area contributed by atoms with Crippen LogP contribution in [0.1, 0.15) is 0 Å². The number of carbonyl (C=O) groups is 10. The third kappa shape index (κ3) is 85.7. The summed E-state index contributed by atoms with van der Waals surface area (Å²) in [6.45, 7) is 0. The highest BCUT2D eigenvalue weighted by molar-refractivity contribution is 5.91. The van der Waals surface area contributed by atoms with Crippen molar-refractivity contribution in [2.24, 2.45) is 0 Å². The minimum Gasteiger partial charge on any atom is -0.478 e. The summed E-state index contributed by atoms with van der Waals surface area (Å²) in [7, 11) is 0. The van der Waals surface area contributed by atoms with E-state index in [4.69, 9.17) is 51.1 Å². The Morgan fingerprint density at radius 3 is 0.275 bits per heavy atom. The maximum Gasteiger partial charge on any atom is 0.328 e. The topological polar surface area (TPSA) is 373 Å². The van der Waals surface area contributed by atoms with Gasteiger partial charge in [-0.25, -0.2) is 47.9 Å². The molecule has 0 aromatic heterocycles. The van der Waals surface area contributed by atoms with E-state index in [9.17, 15) is 47.9 Å². The fourth-order valence-electron chi connectivity index (χ4n) is 0.713. The number of carboxylic acids is 10. The molecule has 10 N–H and O–H groups in total. The maximum absolute atomic E-state index is 9.55. The van der Waals surface area contributed by atoms with Crippen molar-refractivity contribution in [2.75, 3.05) is 0 Å². The van der Waals surface area contributed by atoms with Gasteiger partial charge >= 0.3 is 59.7 Å². The Hall–Kier alpha value is -6.60. The van der Waals surface area contributed by atoms with Crippen molar-refractivity contribution in [3.63, 3.8) is 0 Å². The van der Waals surface area contributed by atoms with E-state index in [1.807, 2.05) is 0 Å². The van der Waals surface area contributed by atoms with Crippen LogP contribution in [0.3, 0.4) is 0 Å². The molecule has 0 unspecified atom stereocenters. The smallest absolute Gasteiger partial charge is 0.328 e. The molecule has 0 heterocycles. The van der Waals surface area contributed by atoms with E-state index in [1.54, 1.807) is 0 Å². The largest absolute Gasteiger partial charge is 0.478 e. The molecule has 0 aliphatic carbocycles. The molecular formula is C20H20O20. The molecule has 0 saturated carbocycles. The Balaban J connectivity index is -0.000000128. The molecule has 0 aliphatic heterocycles. The molecule has 220 valence electrons. The maximum atomic E-state index is 9.55. The molecule has 40 heavy (non-hydrogen) atoms. The number of carboxylic acid groups (broad SMARTS) is 10. The van der Waals surface area contributed by atoms with Gasteiger partial charge in [0.2, 0.25) is 0 Å². The molecule has 0 aromatic rings. The van der Waals surface area contributed by atoms with Gasteiger partial charge in [0.05, 0.1) is 0 Å². The highest BCUT2D eigenvalue weighted by Crippen LogP contribution is 1.73. The summed E-state index contributed by atoms with van der Waals surface area (Å²) >= 11 is 0. The van der Waals surface area contributed by atoms with Gasteiger partial charge in [-0.15, -0.1) is 0 Å². The van der Waals surface area contributed by atoms with E-state index in [-0.39, 0.29) is 0 Å². The second-order valence-electron chi connectivity index (χ2n) is 5.05. The molecule has 0 rings (SSSR count). The van der Waals surface area contributed by atoms with Crippen LogP contribution in [0.5, 0.6) is 0 Å². The molecule has 20 nitrogen and oxygen atoms in total. The predicted octanol–water partition coefficient (Wildman–Crippen LogP) is -1.44. The van der Waals surface area contributed by atoms with Crippen LogP contribution < -0.4 is 0 Å². The van der Waals surface area contributed by atoms with Crippen molar-refractivity contribution in [1.82, 2.24) is 0 Å². The minimum atomic E-state index is -1.26. The lowest BCUT2D eigenvalue weighted by molar-refractivity contribution is -0.134. The lowest BCUT2D eigenvalue weighted by Gasteiger charge is -1.74. The van der Waals surface area contributed by atoms with Gasteiger partial charge in [0, 0.05) is 60.8 Å². The first-order valence-electron chi connectivity index (χ1n) is 8.83. The van der Waals surface area contributed by atoms with Crippen molar-refractivity contribution >= 4 is 59.7 Å². The first-order valence-corrected chi connectivity index (χ1v) is 8.83. The minimum absolute atomic E-state index is 0.558. The highest BCUT2D eigenvalue weighted by Gasteiger charge is 1.90. The SMILES string of the molecule is O=C(O)/C=C\C(=O)O.O=C(O)/C=C\C(=O)O.O=C(O)/C=C\C(=O)O.O=C(O)/C=C\C(=O)O.O=C(O)/C=C\C(=O)O. The van der Waals surface area contributed by atoms with E-state index in [0.29, 0.717) is 60.8 Å². The summed E-state index contributed by atoms with van der Waals surface area (Å²) < 4.78 is 0. The molecule has 0 amide bonds. The van der Waals surface area contributed by atoms with Gasteiger partial charge in [0.15, 0.2) is 0 Å². The van der Waals surface area contributed by atoms with Crippen LogP contribution in [-0.2, 0) is 47.9 Å². The van der Waals surface area contributed by atoms with Gasteiger partial charge in [-0.05, 0) is 0 Å². The molecular weight excluding hydrogens is 560 g/mol. The van der Waals surface area contributed by atoms with Gasteiger partial charge in [-0.1, -0.05) is 0 Å². The average molecular weight is 580 g/mol. The molecule has 0 spiro atoms. The summed E-state index contributed by atoms with van der Waals surface area (Å²) in [5.74, 6) is -12.6. The molecule has 0 atom stereocenters. The van der Waals surface area contributed by atoms with E-state index in [1.165, 1.54) is 0 Å². The monoisotopic (exact) mass is 580 g/mol. The van der Waals surface area contributed by atoms with Crippen molar-refractivity contribution in [3.8, 4) is 0 Å². The normalized spacial score (nSPS) is 9.50. The van der Waals surface area contributed by atoms with Crippen LogP contribution >= 0.6 is 0 Å². The Kier molecular flexibility index (Phi) is 31.1. The number of rotatable bonds is 10. The van der Waals surface area contributed by atoms with Crippen LogP contribution in [0, 0.1) is 0 Å². The van der Waals surface area contributed by atoms with Crippen LogP contribution in [0.4, 0.5) is 0 Å². The average Bonchev–Trinajstić information content (AvgIpc) is 2.79. The predicted molar refractivity (Wildman–Crippen MR) is 122 cm³/mol. The van der Waals surface area contributed by atoms with Gasteiger partial charge in [-0.2, -0.15) is 0 Å². The Morgan fingerprint density at radius 2 is 0.250 bits per heavy atom. The van der Waals surface area contributed by atoms with E-state index in [0.717, 1.165) is 0 Å². The van der Waals surface area contributed by atoms with Crippen molar-refractivity contribution < 1.29 is 99.0 Å². The van der Waals surface area contributed by atoms with Crippen LogP contribution in [-0.4, -0.2) is 111 Å². The van der Waals surface area contributed by atoms with Crippen molar-refractivity contribution in [1.29, 1.82) is 0 Å². The fraction of sp³-hybridized carbons (Fsp3) is 0. The first kappa shape index (κ1) is 43.5. The van der Waals surface area contributed by atoms with Crippen molar-refractivity contribution in [2.45, 2.75) is 0 Å². The molecule has 0 fully saturated rings. The lowest BCUT2D eigenvalue weighted by atomic mass is 10.5. The molecule has 0 bridgehead atoms. The Morgan fingerprint density at radius 1 is 0.200 bits per heavy atom. The quantitative estimate of drug-likeness (QED) is 0.132. The molecule has 20 heteroatoms. The number of hydrogen-bond donors (Lipinski definition) is 10. The zero-order valence-corrected chi connectivity index (χ0v) is 19.3. The summed E-state index contributed by atoms with van der Waals surface area (Å²) in [5.41, 5.74) is 0. The van der Waals surface area contributed by atoms with E-state index >= 15 is 0 Å². The highest BCUT2D eigenvalue weighted by atomic mass is 16.4. The summed E-state index contributed by atoms with van der Waals surface area (Å²) in [6, 6.07) is 0. The van der Waals surface area contributed by atoms with Gasteiger partial charge in [-0.3, -0.25) is 0 Å². The summed E-state index contributed by atoms with van der Waals surface area (Å²) in [5, 5.41) is 78.1. The molecule has 0 aliphatic rings. The Bertz CT molecular complexity index is 792. The second kappa shape index (κ2) is 28.6. The number of aliphatic carboxylic acids is 10. The second-order valence-corrected chi connectivity index (χ2v) is 5.05. The summed E-state index contributed by atoms with van der Waals surface area (Å²) in [6.07, 6.45) is 5.58. The lowest BCUT2D eigenvalue weighted by Crippen LogP contribution is -1.91. The van der Waals surface area contributed by atoms with E-state index in [2.05, 4.69) is 0 Å². The van der Waals surface area contributed by atoms with Crippen LogP contribution in [0.25, 0.3) is 0 Å². The fourth-order valence-corrected chi connectivity index (χ4v) is 0.713. The standard InChI is InChI=1S/5C4H4O4/c5*5-3(6)1-2-4(7)8/h5*1-2H,(H,5,6)(H,7,8)/b5*2-1-.